The minimum atomic E-state index is -0.0360. The monoisotopic (exact) mass is 555 g/mol. The van der Waals surface area contributed by atoms with E-state index in [0.717, 1.165) is 35.4 Å². The minimum Gasteiger partial charge on any atom is -0.335 e. The molecule has 1 aromatic carbocycles. The van der Waals surface area contributed by atoms with Gasteiger partial charge in [-0.2, -0.15) is 20.5 Å². The van der Waals surface area contributed by atoms with E-state index < -0.39 is 0 Å². The molecule has 1 aliphatic heterocycles. The molecule has 13 heteroatoms. The Morgan fingerprint density at radius 2 is 2.05 bits per heavy atom. The topological polar surface area (TPSA) is 141 Å². The fourth-order valence-corrected chi connectivity index (χ4v) is 5.53. The molecule has 0 bridgehead atoms. The number of hydrogen-bond donors (Lipinski definition) is 3. The van der Waals surface area contributed by atoms with Gasteiger partial charge in [0.15, 0.2) is 10.9 Å². The first-order chi connectivity index (χ1) is 19.6. The number of nitrogens with one attached hydrogen (secondary N) is 3. The smallest absolute Gasteiger partial charge is 0.244 e. The zero-order chi connectivity index (χ0) is 27.5. The first kappa shape index (κ1) is 25.6. The fraction of sp³-hybridized carbons (Fsp3) is 0.296. The Hall–Kier alpha value is -4.65. The quantitative estimate of drug-likeness (QED) is 0.235. The molecule has 0 saturated heterocycles. The molecule has 204 valence electrons. The molecule has 0 radical (unpaired) electrons. The number of aromatic amines is 1. The number of fused-ring (bicyclic) bond motifs is 2. The third kappa shape index (κ3) is 5.54. The number of benzene rings is 1. The normalized spacial score (nSPS) is 15.6. The molecule has 0 atom stereocenters. The van der Waals surface area contributed by atoms with Crippen LogP contribution in [0.3, 0.4) is 0 Å². The number of aliphatic imine (C=N–C) groups is 2. The van der Waals surface area contributed by atoms with Gasteiger partial charge in [-0.1, -0.05) is 24.3 Å². The van der Waals surface area contributed by atoms with E-state index in [9.17, 15) is 4.79 Å². The van der Waals surface area contributed by atoms with Crippen molar-refractivity contribution in [2.24, 2.45) is 9.98 Å². The lowest BCUT2D eigenvalue weighted by Gasteiger charge is -2.25. The number of rotatable bonds is 7. The molecule has 6 rings (SSSR count). The van der Waals surface area contributed by atoms with Crippen molar-refractivity contribution in [1.29, 1.82) is 0 Å². The average Bonchev–Trinajstić information content (AvgIpc) is 3.77. The molecule has 0 fully saturated rings. The predicted molar refractivity (Wildman–Crippen MR) is 155 cm³/mol. The van der Waals surface area contributed by atoms with Gasteiger partial charge in [0.25, 0.3) is 0 Å². The van der Waals surface area contributed by atoms with Gasteiger partial charge in [0.2, 0.25) is 11.9 Å². The Kier molecular flexibility index (Phi) is 7.19. The maximum atomic E-state index is 13.1. The van der Waals surface area contributed by atoms with Crippen LogP contribution in [0.5, 0.6) is 0 Å². The lowest BCUT2D eigenvalue weighted by Crippen LogP contribution is -2.38. The van der Waals surface area contributed by atoms with Gasteiger partial charge in [0.05, 0.1) is 18.3 Å². The van der Waals surface area contributed by atoms with Crippen molar-refractivity contribution in [2.45, 2.75) is 45.3 Å². The zero-order valence-corrected chi connectivity index (χ0v) is 22.9. The molecule has 1 amide bonds. The molecule has 2 aliphatic rings. The van der Waals surface area contributed by atoms with Gasteiger partial charge in [-0.25, -0.2) is 15.0 Å². The van der Waals surface area contributed by atoms with Gasteiger partial charge >= 0.3 is 0 Å². The molecule has 3 aromatic heterocycles. The highest BCUT2D eigenvalue weighted by atomic mass is 32.1. The molecule has 4 aromatic rings. The Balaban J connectivity index is 1.18. The number of nitrogens with zero attached hydrogens (tertiary/aromatic N) is 8. The molecule has 1 aliphatic carbocycles. The highest BCUT2D eigenvalue weighted by Crippen LogP contribution is 2.27. The summed E-state index contributed by atoms with van der Waals surface area (Å²) in [6.07, 6.45) is 7.88. The predicted octanol–water partition coefficient (Wildman–Crippen LogP) is 2.96. The highest BCUT2D eigenvalue weighted by Gasteiger charge is 2.25. The van der Waals surface area contributed by atoms with Crippen molar-refractivity contribution < 1.29 is 4.79 Å². The summed E-state index contributed by atoms with van der Waals surface area (Å²) in [6, 6.07) is 8.55. The maximum absolute atomic E-state index is 13.1. The number of guanidine groups is 1. The van der Waals surface area contributed by atoms with Gasteiger partial charge in [-0.3, -0.25) is 9.48 Å². The summed E-state index contributed by atoms with van der Waals surface area (Å²) in [7, 11) is 0. The highest BCUT2D eigenvalue weighted by molar-refractivity contribution is 7.13. The van der Waals surface area contributed by atoms with Crippen LogP contribution < -0.4 is 10.6 Å². The largest absolute Gasteiger partial charge is 0.335 e. The minimum absolute atomic E-state index is 0.0360. The SMILES string of the molecule is C=NC(=NC1Cc2ccccc2C1)N/C=C(\C)c1cn(CC(=O)N2CCc3n[nH]nc3C2)nc1Nc1nccs1. The summed E-state index contributed by atoms with van der Waals surface area (Å²) in [6.45, 7) is 6.81. The average molecular weight is 556 g/mol. The van der Waals surface area contributed by atoms with E-state index in [-0.39, 0.29) is 18.5 Å². The van der Waals surface area contributed by atoms with Crippen LogP contribution in [0, 0.1) is 0 Å². The van der Waals surface area contributed by atoms with E-state index in [0.29, 0.717) is 36.4 Å². The summed E-state index contributed by atoms with van der Waals surface area (Å²) in [5, 5.41) is 24.7. The van der Waals surface area contributed by atoms with Gasteiger partial charge in [-0.05, 0) is 43.2 Å². The number of anilines is 2. The van der Waals surface area contributed by atoms with E-state index in [4.69, 9.17) is 4.99 Å². The van der Waals surface area contributed by atoms with Gasteiger partial charge < -0.3 is 15.5 Å². The maximum Gasteiger partial charge on any atom is 0.244 e. The summed E-state index contributed by atoms with van der Waals surface area (Å²) in [5.74, 6) is 1.03. The molecule has 12 nitrogen and oxygen atoms in total. The molecule has 0 unspecified atom stereocenters. The molecule has 3 N–H and O–H groups in total. The van der Waals surface area contributed by atoms with Gasteiger partial charge in [-0.15, -0.1) is 11.3 Å². The van der Waals surface area contributed by atoms with Crippen molar-refractivity contribution in [3.05, 3.63) is 76.3 Å². The second-order valence-corrected chi connectivity index (χ2v) is 10.6. The van der Waals surface area contributed by atoms with Gasteiger partial charge in [0.1, 0.15) is 12.2 Å². The van der Waals surface area contributed by atoms with Crippen LogP contribution >= 0.6 is 11.3 Å². The number of thiazole rings is 1. The summed E-state index contributed by atoms with van der Waals surface area (Å²) < 4.78 is 1.65. The third-order valence-electron chi connectivity index (χ3n) is 7.06. The fourth-order valence-electron chi connectivity index (χ4n) is 5.00. The standard InChI is InChI=1S/C27H29N11OS/c1-17(13-30-26(28-2)31-20-11-18-5-3-4-6-19(18)12-20)21-14-38(35-25(21)32-27-29-8-10-40-27)16-24(39)37-9-7-22-23(15-37)34-36-33-22/h3-6,8,10,13-14,20H,2,7,9,11-12,15-16H2,1H3,(H,30,31)(H,29,32,35)(H,33,34,36)/b17-13+. The molecule has 4 heterocycles. The van der Waals surface area contributed by atoms with Crippen molar-refractivity contribution in [1.82, 2.24) is 40.4 Å². The lowest BCUT2D eigenvalue weighted by molar-refractivity contribution is -0.133. The van der Waals surface area contributed by atoms with Gasteiger partial charge in [0, 0.05) is 42.5 Å². The molecular formula is C27H29N11OS. The van der Waals surface area contributed by atoms with Crippen molar-refractivity contribution in [3.8, 4) is 0 Å². The molecule has 0 spiro atoms. The first-order valence-electron chi connectivity index (χ1n) is 13.0. The van der Waals surface area contributed by atoms with E-state index in [2.05, 4.69) is 72.1 Å². The number of amides is 1. The van der Waals surface area contributed by atoms with E-state index >= 15 is 0 Å². The van der Waals surface area contributed by atoms with Crippen LogP contribution in [0.4, 0.5) is 10.9 Å². The number of hydrogen-bond acceptors (Lipinski definition) is 8. The van der Waals surface area contributed by atoms with Crippen molar-refractivity contribution in [3.63, 3.8) is 0 Å². The third-order valence-corrected chi connectivity index (χ3v) is 7.75. The van der Waals surface area contributed by atoms with Crippen LogP contribution in [0.15, 0.2) is 58.2 Å². The van der Waals surface area contributed by atoms with E-state index in [1.165, 1.54) is 22.5 Å². The molecular weight excluding hydrogens is 526 g/mol. The van der Waals surface area contributed by atoms with Crippen molar-refractivity contribution >= 4 is 46.4 Å². The zero-order valence-electron chi connectivity index (χ0n) is 22.0. The molecule has 0 saturated carbocycles. The number of carbonyl (C=O) groups is 1. The Morgan fingerprint density at radius 1 is 1.25 bits per heavy atom. The number of carbonyl (C=O) groups excluding carboxylic acids is 1. The Bertz CT molecular complexity index is 1560. The Labute approximate surface area is 235 Å². The van der Waals surface area contributed by atoms with Crippen LogP contribution in [0.2, 0.25) is 0 Å². The first-order valence-corrected chi connectivity index (χ1v) is 13.9. The van der Waals surface area contributed by atoms with E-state index in [1.54, 1.807) is 15.8 Å². The lowest BCUT2D eigenvalue weighted by atomic mass is 10.1. The second-order valence-electron chi connectivity index (χ2n) is 9.75. The molecule has 40 heavy (non-hydrogen) atoms. The van der Waals surface area contributed by atoms with Crippen LogP contribution in [-0.2, 0) is 37.1 Å². The second kappa shape index (κ2) is 11.2. The summed E-state index contributed by atoms with van der Waals surface area (Å²) in [4.78, 5) is 28.1. The van der Waals surface area contributed by atoms with Crippen LogP contribution in [0.25, 0.3) is 5.57 Å². The van der Waals surface area contributed by atoms with Crippen LogP contribution in [0.1, 0.15) is 35.0 Å². The number of allylic oxidation sites excluding steroid dienone is 1. The number of H-pyrrole nitrogens is 1. The van der Waals surface area contributed by atoms with Crippen LogP contribution in [-0.4, -0.2) is 66.2 Å². The Morgan fingerprint density at radius 3 is 2.80 bits per heavy atom. The summed E-state index contributed by atoms with van der Waals surface area (Å²) >= 11 is 1.47. The van der Waals surface area contributed by atoms with Crippen molar-refractivity contribution in [2.75, 3.05) is 11.9 Å². The summed E-state index contributed by atoms with van der Waals surface area (Å²) in [5.41, 5.74) is 6.10. The number of aromatic nitrogens is 6. The van der Waals surface area contributed by atoms with E-state index in [1.807, 2.05) is 24.7 Å².